The standard InChI is InChI=1S/C17H20O2/c1-12-4-7-15(8-5-12)11-19-17-10-13(2)6-9-16(17)14(3)18/h4-10,14,18H,11H2,1-3H3/t14-/m1/s1. The molecule has 2 rings (SSSR count). The lowest BCUT2D eigenvalue weighted by Crippen LogP contribution is -2.01. The molecule has 0 heterocycles. The fourth-order valence-electron chi connectivity index (χ4n) is 1.96. The smallest absolute Gasteiger partial charge is 0.125 e. The van der Waals surface area contributed by atoms with Gasteiger partial charge in [0.15, 0.2) is 0 Å². The molecule has 19 heavy (non-hydrogen) atoms. The Morgan fingerprint density at radius 2 is 1.63 bits per heavy atom. The molecule has 0 unspecified atom stereocenters. The van der Waals surface area contributed by atoms with Gasteiger partial charge in [-0.05, 0) is 38.0 Å². The summed E-state index contributed by atoms with van der Waals surface area (Å²) in [6.45, 7) is 6.36. The first-order valence-electron chi connectivity index (χ1n) is 6.53. The number of aliphatic hydroxyl groups excluding tert-OH is 1. The summed E-state index contributed by atoms with van der Waals surface area (Å²) in [5.74, 6) is 0.760. The fourth-order valence-corrected chi connectivity index (χ4v) is 1.96. The summed E-state index contributed by atoms with van der Waals surface area (Å²) in [4.78, 5) is 0. The van der Waals surface area contributed by atoms with E-state index in [9.17, 15) is 5.11 Å². The van der Waals surface area contributed by atoms with E-state index >= 15 is 0 Å². The van der Waals surface area contributed by atoms with E-state index in [1.54, 1.807) is 6.92 Å². The molecule has 1 N–H and O–H groups in total. The Bertz CT molecular complexity index is 542. The summed E-state index contributed by atoms with van der Waals surface area (Å²) in [7, 11) is 0. The summed E-state index contributed by atoms with van der Waals surface area (Å²) >= 11 is 0. The van der Waals surface area contributed by atoms with Crippen LogP contribution >= 0.6 is 0 Å². The van der Waals surface area contributed by atoms with E-state index in [-0.39, 0.29) is 0 Å². The van der Waals surface area contributed by atoms with Crippen molar-refractivity contribution < 1.29 is 9.84 Å². The molecule has 0 bridgehead atoms. The van der Waals surface area contributed by atoms with E-state index in [1.165, 1.54) is 5.56 Å². The van der Waals surface area contributed by atoms with Crippen LogP contribution < -0.4 is 4.74 Å². The third-order valence-electron chi connectivity index (χ3n) is 3.13. The van der Waals surface area contributed by atoms with Crippen LogP contribution in [0.4, 0.5) is 0 Å². The van der Waals surface area contributed by atoms with Gasteiger partial charge in [-0.1, -0.05) is 42.0 Å². The molecule has 0 saturated carbocycles. The molecule has 100 valence electrons. The third kappa shape index (κ3) is 3.58. The molecule has 0 saturated heterocycles. The van der Waals surface area contributed by atoms with Gasteiger partial charge in [-0.25, -0.2) is 0 Å². The normalized spacial score (nSPS) is 12.2. The molecule has 2 aromatic rings. The van der Waals surface area contributed by atoms with Crippen LogP contribution in [0.15, 0.2) is 42.5 Å². The number of hydrogen-bond acceptors (Lipinski definition) is 2. The Balaban J connectivity index is 2.14. The van der Waals surface area contributed by atoms with Crippen molar-refractivity contribution >= 4 is 0 Å². The zero-order chi connectivity index (χ0) is 13.8. The minimum Gasteiger partial charge on any atom is -0.489 e. The average molecular weight is 256 g/mol. The zero-order valence-electron chi connectivity index (χ0n) is 11.7. The van der Waals surface area contributed by atoms with E-state index in [4.69, 9.17) is 4.74 Å². The second kappa shape index (κ2) is 5.89. The topological polar surface area (TPSA) is 29.5 Å². The molecule has 0 spiro atoms. The summed E-state index contributed by atoms with van der Waals surface area (Å²) < 4.78 is 5.85. The van der Waals surface area contributed by atoms with E-state index in [2.05, 4.69) is 31.2 Å². The second-order valence-corrected chi connectivity index (χ2v) is 4.99. The van der Waals surface area contributed by atoms with Crippen molar-refractivity contribution in [3.05, 3.63) is 64.7 Å². The quantitative estimate of drug-likeness (QED) is 0.898. The summed E-state index contributed by atoms with van der Waals surface area (Å²) in [5.41, 5.74) is 4.33. The third-order valence-corrected chi connectivity index (χ3v) is 3.13. The molecule has 1 atom stereocenters. The minimum absolute atomic E-state index is 0.517. The Labute approximate surface area is 114 Å². The lowest BCUT2D eigenvalue weighted by molar-refractivity contribution is 0.190. The lowest BCUT2D eigenvalue weighted by Gasteiger charge is -2.14. The monoisotopic (exact) mass is 256 g/mol. The van der Waals surface area contributed by atoms with Crippen LogP contribution in [0.5, 0.6) is 5.75 Å². The highest BCUT2D eigenvalue weighted by Gasteiger charge is 2.09. The van der Waals surface area contributed by atoms with Crippen LogP contribution in [0.3, 0.4) is 0 Å². The van der Waals surface area contributed by atoms with Crippen LogP contribution in [-0.2, 0) is 6.61 Å². The Morgan fingerprint density at radius 1 is 1.00 bits per heavy atom. The van der Waals surface area contributed by atoms with Crippen molar-refractivity contribution in [2.75, 3.05) is 0 Å². The second-order valence-electron chi connectivity index (χ2n) is 4.99. The van der Waals surface area contributed by atoms with Gasteiger partial charge in [0.05, 0.1) is 6.10 Å². The lowest BCUT2D eigenvalue weighted by atomic mass is 10.1. The van der Waals surface area contributed by atoms with Crippen LogP contribution in [0.2, 0.25) is 0 Å². The summed E-state index contributed by atoms with van der Waals surface area (Å²) in [6, 6.07) is 14.1. The first-order valence-corrected chi connectivity index (χ1v) is 6.53. The maximum atomic E-state index is 9.75. The molecule has 0 aromatic heterocycles. The molecule has 0 aliphatic heterocycles. The maximum absolute atomic E-state index is 9.75. The van der Waals surface area contributed by atoms with Gasteiger partial charge in [0.25, 0.3) is 0 Å². The van der Waals surface area contributed by atoms with Crippen LogP contribution in [0, 0.1) is 13.8 Å². The van der Waals surface area contributed by atoms with Gasteiger partial charge < -0.3 is 9.84 Å². The van der Waals surface area contributed by atoms with Crippen molar-refractivity contribution in [1.82, 2.24) is 0 Å². The van der Waals surface area contributed by atoms with E-state index in [1.807, 2.05) is 25.1 Å². The van der Waals surface area contributed by atoms with Crippen LogP contribution in [-0.4, -0.2) is 5.11 Å². The number of benzene rings is 2. The first-order chi connectivity index (χ1) is 9.06. The number of hydrogen-bond donors (Lipinski definition) is 1. The largest absolute Gasteiger partial charge is 0.489 e. The van der Waals surface area contributed by atoms with E-state index in [0.29, 0.717) is 6.61 Å². The van der Waals surface area contributed by atoms with Crippen molar-refractivity contribution in [2.45, 2.75) is 33.5 Å². The number of aryl methyl sites for hydroxylation is 2. The van der Waals surface area contributed by atoms with Gasteiger partial charge in [0.2, 0.25) is 0 Å². The average Bonchev–Trinajstić information content (AvgIpc) is 2.38. The summed E-state index contributed by atoms with van der Waals surface area (Å²) in [6.07, 6.45) is -0.520. The molecule has 2 heteroatoms. The zero-order valence-corrected chi connectivity index (χ0v) is 11.7. The molecule has 0 radical (unpaired) electrons. The van der Waals surface area contributed by atoms with E-state index in [0.717, 1.165) is 22.4 Å². The van der Waals surface area contributed by atoms with Crippen LogP contribution in [0.1, 0.15) is 35.3 Å². The first kappa shape index (κ1) is 13.6. The van der Waals surface area contributed by atoms with Crippen molar-refractivity contribution in [3.63, 3.8) is 0 Å². The molecule has 0 aliphatic rings. The summed E-state index contributed by atoms with van der Waals surface area (Å²) in [5, 5.41) is 9.75. The van der Waals surface area contributed by atoms with Gasteiger partial charge in [-0.15, -0.1) is 0 Å². The molecule has 2 aromatic carbocycles. The molecular formula is C17H20O2. The highest BCUT2D eigenvalue weighted by molar-refractivity contribution is 5.38. The Kier molecular flexibility index (Phi) is 4.23. The predicted octanol–water partition coefficient (Wildman–Crippen LogP) is 3.94. The Hall–Kier alpha value is -1.80. The maximum Gasteiger partial charge on any atom is 0.125 e. The van der Waals surface area contributed by atoms with Gasteiger partial charge in [-0.2, -0.15) is 0 Å². The highest BCUT2D eigenvalue weighted by Crippen LogP contribution is 2.27. The fraction of sp³-hybridized carbons (Fsp3) is 0.294. The van der Waals surface area contributed by atoms with Crippen molar-refractivity contribution in [1.29, 1.82) is 0 Å². The Morgan fingerprint density at radius 3 is 2.26 bits per heavy atom. The number of aliphatic hydroxyl groups is 1. The SMILES string of the molecule is Cc1ccc(COc2cc(C)ccc2[C@@H](C)O)cc1. The molecule has 2 nitrogen and oxygen atoms in total. The minimum atomic E-state index is -0.520. The molecule has 0 fully saturated rings. The molecular weight excluding hydrogens is 236 g/mol. The van der Waals surface area contributed by atoms with Crippen molar-refractivity contribution in [3.8, 4) is 5.75 Å². The van der Waals surface area contributed by atoms with Gasteiger partial charge in [0.1, 0.15) is 12.4 Å². The molecule has 0 aliphatic carbocycles. The highest BCUT2D eigenvalue weighted by atomic mass is 16.5. The molecule has 0 amide bonds. The predicted molar refractivity (Wildman–Crippen MR) is 77.3 cm³/mol. The van der Waals surface area contributed by atoms with E-state index < -0.39 is 6.10 Å². The van der Waals surface area contributed by atoms with Crippen molar-refractivity contribution in [2.24, 2.45) is 0 Å². The number of rotatable bonds is 4. The van der Waals surface area contributed by atoms with Gasteiger partial charge >= 0.3 is 0 Å². The number of ether oxygens (including phenoxy) is 1. The van der Waals surface area contributed by atoms with Gasteiger partial charge in [0, 0.05) is 5.56 Å². The van der Waals surface area contributed by atoms with Gasteiger partial charge in [-0.3, -0.25) is 0 Å². The van der Waals surface area contributed by atoms with Crippen LogP contribution in [0.25, 0.3) is 0 Å².